The van der Waals surface area contributed by atoms with Crippen LogP contribution in [0.25, 0.3) is 11.0 Å². The molecule has 4 heteroatoms. The molecule has 0 bridgehead atoms. The standard InChI is InChI=1S/C7H3ClFNO/c8-7-5-3-4(9)1-2-6(5)11-10-7/h1-3H. The summed E-state index contributed by atoms with van der Waals surface area (Å²) in [4.78, 5) is 0. The van der Waals surface area contributed by atoms with Gasteiger partial charge in [0.05, 0.1) is 5.39 Å². The Morgan fingerprint density at radius 1 is 1.45 bits per heavy atom. The van der Waals surface area contributed by atoms with E-state index in [-0.39, 0.29) is 11.0 Å². The van der Waals surface area contributed by atoms with E-state index in [9.17, 15) is 4.39 Å². The van der Waals surface area contributed by atoms with Gasteiger partial charge in [0, 0.05) is 0 Å². The number of hydrogen-bond donors (Lipinski definition) is 0. The van der Waals surface area contributed by atoms with E-state index in [1.807, 2.05) is 0 Å². The van der Waals surface area contributed by atoms with Crippen molar-refractivity contribution in [2.24, 2.45) is 0 Å². The molecule has 0 aliphatic carbocycles. The summed E-state index contributed by atoms with van der Waals surface area (Å²) in [5.74, 6) is -0.345. The first-order valence-corrected chi connectivity index (χ1v) is 3.35. The van der Waals surface area contributed by atoms with Crippen molar-refractivity contribution in [3.05, 3.63) is 29.2 Å². The molecular formula is C7H3ClFNO. The van der Waals surface area contributed by atoms with Gasteiger partial charge in [-0.1, -0.05) is 16.8 Å². The average Bonchev–Trinajstić information content (AvgIpc) is 2.33. The van der Waals surface area contributed by atoms with E-state index in [4.69, 9.17) is 16.1 Å². The Morgan fingerprint density at radius 2 is 2.27 bits per heavy atom. The summed E-state index contributed by atoms with van der Waals surface area (Å²) in [6.07, 6.45) is 0. The fourth-order valence-electron chi connectivity index (χ4n) is 0.881. The van der Waals surface area contributed by atoms with Crippen molar-refractivity contribution in [1.29, 1.82) is 0 Å². The zero-order valence-corrected chi connectivity index (χ0v) is 6.10. The highest BCUT2D eigenvalue weighted by Crippen LogP contribution is 2.22. The molecular weight excluding hydrogens is 169 g/mol. The van der Waals surface area contributed by atoms with Crippen LogP contribution in [0.15, 0.2) is 22.7 Å². The van der Waals surface area contributed by atoms with E-state index in [1.165, 1.54) is 18.2 Å². The van der Waals surface area contributed by atoms with Crippen LogP contribution < -0.4 is 0 Å². The van der Waals surface area contributed by atoms with E-state index in [0.717, 1.165) is 0 Å². The molecule has 0 fully saturated rings. The summed E-state index contributed by atoms with van der Waals surface area (Å²) in [6, 6.07) is 4.07. The first-order chi connectivity index (χ1) is 5.27. The van der Waals surface area contributed by atoms with Gasteiger partial charge in [-0.15, -0.1) is 0 Å². The summed E-state index contributed by atoms with van der Waals surface area (Å²) < 4.78 is 17.3. The van der Waals surface area contributed by atoms with Gasteiger partial charge in [-0.25, -0.2) is 4.39 Å². The van der Waals surface area contributed by atoms with Gasteiger partial charge in [-0.3, -0.25) is 0 Å². The van der Waals surface area contributed by atoms with E-state index >= 15 is 0 Å². The monoisotopic (exact) mass is 171 g/mol. The smallest absolute Gasteiger partial charge is 0.180 e. The fraction of sp³-hybridized carbons (Fsp3) is 0. The lowest BCUT2D eigenvalue weighted by molar-refractivity contribution is 0.456. The highest BCUT2D eigenvalue weighted by molar-refractivity contribution is 6.33. The van der Waals surface area contributed by atoms with Crippen LogP contribution in [0.2, 0.25) is 5.15 Å². The van der Waals surface area contributed by atoms with Crippen LogP contribution >= 0.6 is 11.6 Å². The largest absolute Gasteiger partial charge is 0.355 e. The molecule has 0 N–H and O–H groups in total. The summed E-state index contributed by atoms with van der Waals surface area (Å²) >= 11 is 5.57. The molecule has 11 heavy (non-hydrogen) atoms. The molecule has 0 spiro atoms. The molecule has 1 aromatic carbocycles. The van der Waals surface area contributed by atoms with Crippen molar-refractivity contribution in [2.45, 2.75) is 0 Å². The lowest BCUT2D eigenvalue weighted by atomic mass is 10.3. The van der Waals surface area contributed by atoms with Crippen molar-refractivity contribution in [1.82, 2.24) is 5.16 Å². The minimum Gasteiger partial charge on any atom is -0.355 e. The summed E-state index contributed by atoms with van der Waals surface area (Å²) in [5, 5.41) is 4.16. The molecule has 0 aliphatic heterocycles. The molecule has 0 unspecified atom stereocenters. The number of rotatable bonds is 0. The Bertz CT molecular complexity index is 398. The maximum absolute atomic E-state index is 12.6. The van der Waals surface area contributed by atoms with Gasteiger partial charge in [-0.05, 0) is 18.2 Å². The second-order valence-electron chi connectivity index (χ2n) is 2.11. The van der Waals surface area contributed by atoms with Crippen LogP contribution in [-0.4, -0.2) is 5.16 Å². The third-order valence-electron chi connectivity index (χ3n) is 1.39. The van der Waals surface area contributed by atoms with Crippen molar-refractivity contribution in [2.75, 3.05) is 0 Å². The van der Waals surface area contributed by atoms with Gasteiger partial charge in [0.1, 0.15) is 5.82 Å². The van der Waals surface area contributed by atoms with Crippen LogP contribution in [0.4, 0.5) is 4.39 Å². The minimum absolute atomic E-state index is 0.194. The Morgan fingerprint density at radius 3 is 3.09 bits per heavy atom. The van der Waals surface area contributed by atoms with E-state index in [1.54, 1.807) is 0 Å². The number of aromatic nitrogens is 1. The molecule has 0 radical (unpaired) electrons. The number of fused-ring (bicyclic) bond motifs is 1. The molecule has 1 heterocycles. The molecule has 1 aromatic heterocycles. The summed E-state index contributed by atoms with van der Waals surface area (Å²) in [7, 11) is 0. The molecule has 2 aromatic rings. The van der Waals surface area contributed by atoms with Crippen molar-refractivity contribution < 1.29 is 8.91 Å². The Labute approximate surface area is 66.5 Å². The van der Waals surface area contributed by atoms with Crippen LogP contribution in [0, 0.1) is 5.82 Å². The Kier molecular flexibility index (Phi) is 1.32. The zero-order chi connectivity index (χ0) is 7.84. The van der Waals surface area contributed by atoms with Gasteiger partial charge >= 0.3 is 0 Å². The molecule has 0 aliphatic rings. The number of hydrogen-bond acceptors (Lipinski definition) is 2. The van der Waals surface area contributed by atoms with Crippen LogP contribution in [0.3, 0.4) is 0 Å². The van der Waals surface area contributed by atoms with Crippen LogP contribution in [0.1, 0.15) is 0 Å². The van der Waals surface area contributed by atoms with Gasteiger partial charge in [-0.2, -0.15) is 0 Å². The topological polar surface area (TPSA) is 26.0 Å². The van der Waals surface area contributed by atoms with Gasteiger partial charge in [0.2, 0.25) is 0 Å². The lowest BCUT2D eigenvalue weighted by Gasteiger charge is -1.85. The molecule has 2 nitrogen and oxygen atoms in total. The van der Waals surface area contributed by atoms with Gasteiger partial charge in [0.15, 0.2) is 10.7 Å². The molecule has 56 valence electrons. The second kappa shape index (κ2) is 2.20. The normalized spacial score (nSPS) is 10.7. The van der Waals surface area contributed by atoms with Crippen molar-refractivity contribution >= 4 is 22.6 Å². The predicted molar refractivity (Wildman–Crippen MR) is 39.0 cm³/mol. The highest BCUT2D eigenvalue weighted by atomic mass is 35.5. The third-order valence-corrected chi connectivity index (χ3v) is 1.66. The highest BCUT2D eigenvalue weighted by Gasteiger charge is 2.05. The van der Waals surface area contributed by atoms with E-state index < -0.39 is 0 Å². The number of benzene rings is 1. The van der Waals surface area contributed by atoms with Crippen molar-refractivity contribution in [3.63, 3.8) is 0 Å². The van der Waals surface area contributed by atoms with Gasteiger partial charge in [0.25, 0.3) is 0 Å². The Balaban J connectivity index is 2.87. The van der Waals surface area contributed by atoms with Gasteiger partial charge < -0.3 is 4.52 Å². The second-order valence-corrected chi connectivity index (χ2v) is 2.47. The molecule has 0 saturated carbocycles. The van der Waals surface area contributed by atoms with E-state index in [2.05, 4.69) is 5.16 Å². The minimum atomic E-state index is -0.345. The molecule has 0 amide bonds. The first-order valence-electron chi connectivity index (χ1n) is 2.98. The van der Waals surface area contributed by atoms with E-state index in [0.29, 0.717) is 11.0 Å². The Hall–Kier alpha value is -1.09. The molecule has 0 saturated heterocycles. The fourth-order valence-corrected chi connectivity index (χ4v) is 1.06. The SMILES string of the molecule is Fc1ccc2onc(Cl)c2c1. The maximum Gasteiger partial charge on any atom is 0.180 e. The average molecular weight is 172 g/mol. The maximum atomic E-state index is 12.6. The quantitative estimate of drug-likeness (QED) is 0.609. The third kappa shape index (κ3) is 0.973. The summed E-state index contributed by atoms with van der Waals surface area (Å²) in [5.41, 5.74) is 0.497. The molecule has 2 rings (SSSR count). The first kappa shape index (κ1) is 6.61. The lowest BCUT2D eigenvalue weighted by Crippen LogP contribution is -1.70. The molecule has 0 atom stereocenters. The predicted octanol–water partition coefficient (Wildman–Crippen LogP) is 2.62. The van der Waals surface area contributed by atoms with Crippen LogP contribution in [-0.2, 0) is 0 Å². The number of nitrogens with zero attached hydrogens (tertiary/aromatic N) is 1. The van der Waals surface area contributed by atoms with Crippen LogP contribution in [0.5, 0.6) is 0 Å². The number of halogens is 2. The van der Waals surface area contributed by atoms with Crippen molar-refractivity contribution in [3.8, 4) is 0 Å². The zero-order valence-electron chi connectivity index (χ0n) is 5.34. The summed E-state index contributed by atoms with van der Waals surface area (Å²) in [6.45, 7) is 0.